The number of anilines is 1. The number of carbonyl (C=O) groups is 1. The van der Waals surface area contributed by atoms with Crippen molar-refractivity contribution in [2.45, 2.75) is 6.42 Å². The molecule has 0 radical (unpaired) electrons. The van der Waals surface area contributed by atoms with E-state index < -0.39 is 10.8 Å². The lowest BCUT2D eigenvalue weighted by Gasteiger charge is -2.05. The van der Waals surface area contributed by atoms with Crippen molar-refractivity contribution >= 4 is 17.3 Å². The van der Waals surface area contributed by atoms with Crippen LogP contribution in [0.3, 0.4) is 0 Å². The van der Waals surface area contributed by atoms with Crippen LogP contribution in [0.25, 0.3) is 0 Å². The Labute approximate surface area is 120 Å². The minimum atomic E-state index is -0.575. The van der Waals surface area contributed by atoms with E-state index in [0.29, 0.717) is 12.1 Å². The Morgan fingerprint density at radius 3 is 2.48 bits per heavy atom. The molecule has 2 rings (SSSR count). The van der Waals surface area contributed by atoms with E-state index in [9.17, 15) is 14.9 Å². The van der Waals surface area contributed by atoms with E-state index in [1.807, 2.05) is 0 Å². The van der Waals surface area contributed by atoms with Crippen molar-refractivity contribution in [3.05, 3.63) is 64.0 Å². The second kappa shape index (κ2) is 6.58. The van der Waals surface area contributed by atoms with Crippen LogP contribution in [0.2, 0.25) is 0 Å². The highest BCUT2D eigenvalue weighted by atomic mass is 16.6. The van der Waals surface area contributed by atoms with E-state index in [0.717, 1.165) is 11.8 Å². The zero-order valence-electron chi connectivity index (χ0n) is 11.0. The maximum absolute atomic E-state index is 11.9. The summed E-state index contributed by atoms with van der Waals surface area (Å²) in [6, 6.07) is 9.56. The number of nitrogens with zero attached hydrogens (tertiary/aromatic N) is 2. The largest absolute Gasteiger partial charge is 0.396 e. The third kappa shape index (κ3) is 3.83. The quantitative estimate of drug-likeness (QED) is 0.644. The molecule has 0 spiro atoms. The first-order valence-corrected chi connectivity index (χ1v) is 6.22. The van der Waals surface area contributed by atoms with Crippen LogP contribution >= 0.6 is 0 Å². The van der Waals surface area contributed by atoms with Gasteiger partial charge in [-0.1, -0.05) is 12.1 Å². The Hall–Kier alpha value is -2.80. The Morgan fingerprint density at radius 1 is 1.24 bits per heavy atom. The number of nitrogens with one attached hydrogen (secondary N) is 1. The van der Waals surface area contributed by atoms with Gasteiger partial charge >= 0.3 is 0 Å². The number of pyridine rings is 1. The van der Waals surface area contributed by atoms with Gasteiger partial charge in [-0.05, 0) is 30.2 Å². The summed E-state index contributed by atoms with van der Waals surface area (Å²) in [5.41, 5.74) is 1.48. The van der Waals surface area contributed by atoms with Gasteiger partial charge in [0.1, 0.15) is 11.9 Å². The molecule has 0 bridgehead atoms. The minimum Gasteiger partial charge on any atom is -0.396 e. The second-order valence-electron chi connectivity index (χ2n) is 4.28. The van der Waals surface area contributed by atoms with Crippen molar-refractivity contribution in [1.29, 1.82) is 0 Å². The molecule has 1 amide bonds. The maximum Gasteiger partial charge on any atom is 0.287 e. The molecule has 1 heterocycles. The maximum atomic E-state index is 11.9. The predicted molar refractivity (Wildman–Crippen MR) is 76.1 cm³/mol. The van der Waals surface area contributed by atoms with E-state index in [4.69, 9.17) is 5.11 Å². The number of aliphatic hydroxyl groups is 1. The van der Waals surface area contributed by atoms with Crippen LogP contribution in [0.15, 0.2) is 42.6 Å². The molecule has 0 atom stereocenters. The molecule has 108 valence electrons. The average Bonchev–Trinajstić information content (AvgIpc) is 2.49. The van der Waals surface area contributed by atoms with Gasteiger partial charge in [0.2, 0.25) is 0 Å². The zero-order chi connectivity index (χ0) is 15.2. The number of benzene rings is 1. The molecule has 7 nitrogen and oxygen atoms in total. The van der Waals surface area contributed by atoms with E-state index in [-0.39, 0.29) is 18.0 Å². The first kappa shape index (κ1) is 14.6. The topological polar surface area (TPSA) is 105 Å². The van der Waals surface area contributed by atoms with Crippen molar-refractivity contribution in [1.82, 2.24) is 4.98 Å². The van der Waals surface area contributed by atoms with Gasteiger partial charge in [0.15, 0.2) is 0 Å². The first-order valence-electron chi connectivity index (χ1n) is 6.22. The van der Waals surface area contributed by atoms with Gasteiger partial charge in [-0.15, -0.1) is 0 Å². The number of amides is 1. The fourth-order valence-electron chi connectivity index (χ4n) is 1.71. The smallest absolute Gasteiger partial charge is 0.287 e. The summed E-state index contributed by atoms with van der Waals surface area (Å²) in [7, 11) is 0. The molecule has 1 aromatic carbocycles. The number of hydrogen-bond acceptors (Lipinski definition) is 5. The molecular weight excluding hydrogens is 274 g/mol. The number of carbonyl (C=O) groups excluding carboxylic acids is 1. The summed E-state index contributed by atoms with van der Waals surface area (Å²) in [6.45, 7) is 0.0679. The predicted octanol–water partition coefficient (Wildman–Crippen LogP) is 1.78. The summed E-state index contributed by atoms with van der Waals surface area (Å²) in [4.78, 5) is 25.6. The van der Waals surface area contributed by atoms with Crippen LogP contribution in [-0.4, -0.2) is 27.5 Å². The lowest BCUT2D eigenvalue weighted by molar-refractivity contribution is -0.385. The monoisotopic (exact) mass is 287 g/mol. The zero-order valence-corrected chi connectivity index (χ0v) is 11.0. The van der Waals surface area contributed by atoms with Gasteiger partial charge in [0.25, 0.3) is 11.6 Å². The molecule has 0 aliphatic carbocycles. The number of rotatable bonds is 5. The van der Waals surface area contributed by atoms with Gasteiger partial charge in [-0.25, -0.2) is 4.98 Å². The Kier molecular flexibility index (Phi) is 4.57. The highest BCUT2D eigenvalue weighted by Crippen LogP contribution is 2.13. The summed E-state index contributed by atoms with van der Waals surface area (Å²) in [5.74, 6) is -0.445. The molecule has 1 aromatic heterocycles. The Balaban J connectivity index is 2.05. The van der Waals surface area contributed by atoms with Crippen LogP contribution in [-0.2, 0) is 6.42 Å². The second-order valence-corrected chi connectivity index (χ2v) is 4.28. The highest BCUT2D eigenvalue weighted by Gasteiger charge is 2.11. The van der Waals surface area contributed by atoms with Gasteiger partial charge < -0.3 is 10.4 Å². The minimum absolute atomic E-state index is 0.0679. The van der Waals surface area contributed by atoms with E-state index in [1.54, 1.807) is 24.3 Å². The third-order valence-corrected chi connectivity index (χ3v) is 2.80. The lowest BCUT2D eigenvalue weighted by Crippen LogP contribution is -2.13. The highest BCUT2D eigenvalue weighted by molar-refractivity contribution is 6.02. The molecular formula is C14H13N3O4. The summed E-state index contributed by atoms with van der Waals surface area (Å²) < 4.78 is 0. The number of nitro groups is 1. The van der Waals surface area contributed by atoms with Gasteiger partial charge in [-0.3, -0.25) is 14.9 Å². The van der Waals surface area contributed by atoms with Crippen LogP contribution in [0, 0.1) is 10.1 Å². The SMILES string of the molecule is O=C(Nc1ccc(CCO)cc1)c1ccc([N+](=O)[O-])cn1. The summed E-state index contributed by atoms with van der Waals surface area (Å²) in [5, 5.41) is 22.0. The summed E-state index contributed by atoms with van der Waals surface area (Å²) in [6.07, 6.45) is 1.59. The van der Waals surface area contributed by atoms with E-state index >= 15 is 0 Å². The standard InChI is InChI=1S/C14H13N3O4/c18-8-7-10-1-3-11(4-2-10)16-14(19)13-6-5-12(9-15-13)17(20)21/h1-6,9,18H,7-8H2,(H,16,19). The normalized spacial score (nSPS) is 10.1. The third-order valence-electron chi connectivity index (χ3n) is 2.80. The molecule has 0 saturated heterocycles. The summed E-state index contributed by atoms with van der Waals surface area (Å²) >= 11 is 0. The van der Waals surface area contributed by atoms with Crippen molar-refractivity contribution in [3.8, 4) is 0 Å². The molecule has 2 aromatic rings. The Bertz CT molecular complexity index is 638. The number of aliphatic hydroxyl groups excluding tert-OH is 1. The van der Waals surface area contributed by atoms with Crippen molar-refractivity contribution in [3.63, 3.8) is 0 Å². The molecule has 21 heavy (non-hydrogen) atoms. The fourth-order valence-corrected chi connectivity index (χ4v) is 1.71. The molecule has 2 N–H and O–H groups in total. The molecule has 7 heteroatoms. The lowest BCUT2D eigenvalue weighted by atomic mass is 10.1. The molecule has 0 aliphatic heterocycles. The van der Waals surface area contributed by atoms with Crippen molar-refractivity contribution < 1.29 is 14.8 Å². The number of aromatic nitrogens is 1. The first-order chi connectivity index (χ1) is 10.1. The van der Waals surface area contributed by atoms with Crippen molar-refractivity contribution in [2.75, 3.05) is 11.9 Å². The van der Waals surface area contributed by atoms with E-state index in [2.05, 4.69) is 10.3 Å². The van der Waals surface area contributed by atoms with Gasteiger partial charge in [0.05, 0.1) is 4.92 Å². The van der Waals surface area contributed by atoms with Gasteiger partial charge in [0, 0.05) is 18.4 Å². The van der Waals surface area contributed by atoms with Crippen LogP contribution in [0.5, 0.6) is 0 Å². The number of hydrogen-bond donors (Lipinski definition) is 2. The fraction of sp³-hybridized carbons (Fsp3) is 0.143. The Morgan fingerprint density at radius 2 is 1.95 bits per heavy atom. The molecule has 0 unspecified atom stereocenters. The molecule has 0 saturated carbocycles. The van der Waals surface area contributed by atoms with Crippen molar-refractivity contribution in [2.24, 2.45) is 0 Å². The molecule has 0 aliphatic rings. The molecule has 0 fully saturated rings. The van der Waals surface area contributed by atoms with Crippen LogP contribution in [0.4, 0.5) is 11.4 Å². The van der Waals surface area contributed by atoms with Crippen LogP contribution < -0.4 is 5.32 Å². The van der Waals surface area contributed by atoms with E-state index in [1.165, 1.54) is 12.1 Å². The van der Waals surface area contributed by atoms with Gasteiger partial charge in [-0.2, -0.15) is 0 Å². The van der Waals surface area contributed by atoms with Crippen LogP contribution in [0.1, 0.15) is 16.1 Å². The average molecular weight is 287 g/mol.